The molecule has 0 radical (unpaired) electrons. The van der Waals surface area contributed by atoms with Gasteiger partial charge in [-0.15, -0.1) is 0 Å². The van der Waals surface area contributed by atoms with E-state index >= 15 is 0 Å². The SMILES string of the molecule is CCCCCCCCCCCCN(C)OCCC. The first-order valence-electron chi connectivity index (χ1n) is 8.15. The Morgan fingerprint density at radius 1 is 0.667 bits per heavy atom. The van der Waals surface area contributed by atoms with Gasteiger partial charge in [0.15, 0.2) is 0 Å². The van der Waals surface area contributed by atoms with Gasteiger partial charge in [0, 0.05) is 13.6 Å². The first-order valence-corrected chi connectivity index (χ1v) is 8.15. The smallest absolute Gasteiger partial charge is 0.0682 e. The molecule has 0 rings (SSSR count). The minimum absolute atomic E-state index is 0.855. The largest absolute Gasteiger partial charge is 0.299 e. The zero-order chi connectivity index (χ0) is 13.5. The van der Waals surface area contributed by atoms with E-state index < -0.39 is 0 Å². The van der Waals surface area contributed by atoms with Gasteiger partial charge in [-0.05, 0) is 12.8 Å². The normalized spacial score (nSPS) is 11.3. The summed E-state index contributed by atoms with van der Waals surface area (Å²) in [4.78, 5) is 5.51. The van der Waals surface area contributed by atoms with Crippen LogP contribution in [0.5, 0.6) is 0 Å². The monoisotopic (exact) mass is 257 g/mol. The van der Waals surface area contributed by atoms with Crippen LogP contribution >= 0.6 is 0 Å². The highest BCUT2D eigenvalue weighted by Gasteiger charge is 1.97. The second-order valence-corrected chi connectivity index (χ2v) is 5.37. The summed E-state index contributed by atoms with van der Waals surface area (Å²) in [5.41, 5.74) is 0. The quantitative estimate of drug-likeness (QED) is 0.314. The highest BCUT2D eigenvalue weighted by Crippen LogP contribution is 2.10. The Labute approximate surface area is 115 Å². The fourth-order valence-corrected chi connectivity index (χ4v) is 2.13. The van der Waals surface area contributed by atoms with E-state index in [0.717, 1.165) is 19.6 Å². The van der Waals surface area contributed by atoms with Crippen LogP contribution in [0.2, 0.25) is 0 Å². The molecule has 0 saturated heterocycles. The van der Waals surface area contributed by atoms with E-state index in [1.807, 2.05) is 12.1 Å². The van der Waals surface area contributed by atoms with Crippen molar-refractivity contribution in [3.63, 3.8) is 0 Å². The summed E-state index contributed by atoms with van der Waals surface area (Å²) < 4.78 is 0. The van der Waals surface area contributed by atoms with Crippen LogP contribution < -0.4 is 0 Å². The zero-order valence-electron chi connectivity index (χ0n) is 13.0. The topological polar surface area (TPSA) is 12.5 Å². The van der Waals surface area contributed by atoms with E-state index in [9.17, 15) is 0 Å². The van der Waals surface area contributed by atoms with Crippen LogP contribution in [0.1, 0.15) is 84.5 Å². The average Bonchev–Trinajstić information content (AvgIpc) is 2.38. The van der Waals surface area contributed by atoms with E-state index in [2.05, 4.69) is 13.8 Å². The number of nitrogens with zero attached hydrogens (tertiary/aromatic N) is 1. The molecule has 0 atom stereocenters. The Bertz CT molecular complexity index is 150. The Kier molecular flexibility index (Phi) is 14.9. The van der Waals surface area contributed by atoms with Gasteiger partial charge in [0.1, 0.15) is 0 Å². The predicted molar refractivity (Wildman–Crippen MR) is 80.7 cm³/mol. The van der Waals surface area contributed by atoms with Crippen molar-refractivity contribution in [1.29, 1.82) is 0 Å². The standard InChI is InChI=1S/C16H35NO/c1-4-6-7-8-9-10-11-12-13-14-15-17(3)18-16-5-2/h4-16H2,1-3H3. The third-order valence-corrected chi connectivity index (χ3v) is 3.34. The Balaban J connectivity index is 3.02. The van der Waals surface area contributed by atoms with Gasteiger partial charge in [-0.25, -0.2) is 0 Å². The Morgan fingerprint density at radius 2 is 1.17 bits per heavy atom. The molecule has 0 aromatic rings. The van der Waals surface area contributed by atoms with Crippen molar-refractivity contribution in [3.8, 4) is 0 Å². The van der Waals surface area contributed by atoms with E-state index in [1.165, 1.54) is 64.2 Å². The van der Waals surface area contributed by atoms with E-state index in [1.54, 1.807) is 0 Å². The van der Waals surface area contributed by atoms with Gasteiger partial charge in [-0.2, -0.15) is 5.06 Å². The minimum Gasteiger partial charge on any atom is -0.299 e. The summed E-state index contributed by atoms with van der Waals surface area (Å²) in [5.74, 6) is 0. The minimum atomic E-state index is 0.855. The van der Waals surface area contributed by atoms with Crippen molar-refractivity contribution in [2.75, 3.05) is 20.2 Å². The third kappa shape index (κ3) is 14.0. The molecular weight excluding hydrogens is 222 g/mol. The highest BCUT2D eigenvalue weighted by molar-refractivity contribution is 4.48. The average molecular weight is 257 g/mol. The van der Waals surface area contributed by atoms with Gasteiger partial charge in [0.2, 0.25) is 0 Å². The lowest BCUT2D eigenvalue weighted by atomic mass is 10.1. The van der Waals surface area contributed by atoms with Crippen molar-refractivity contribution in [2.45, 2.75) is 84.5 Å². The summed E-state index contributed by atoms with van der Waals surface area (Å²) >= 11 is 0. The maximum Gasteiger partial charge on any atom is 0.0682 e. The number of unbranched alkanes of at least 4 members (excludes halogenated alkanes) is 9. The first kappa shape index (κ1) is 17.9. The summed E-state index contributed by atoms with van der Waals surface area (Å²) in [6.45, 7) is 6.36. The number of rotatable bonds is 14. The van der Waals surface area contributed by atoms with Gasteiger partial charge < -0.3 is 0 Å². The van der Waals surface area contributed by atoms with Crippen molar-refractivity contribution in [1.82, 2.24) is 5.06 Å². The lowest BCUT2D eigenvalue weighted by Crippen LogP contribution is -2.20. The van der Waals surface area contributed by atoms with E-state index in [0.29, 0.717) is 0 Å². The molecule has 0 amide bonds. The molecule has 0 bridgehead atoms. The molecule has 110 valence electrons. The molecule has 0 aliphatic heterocycles. The molecule has 0 aliphatic rings. The summed E-state index contributed by atoms with van der Waals surface area (Å²) in [5, 5.41) is 1.99. The summed E-state index contributed by atoms with van der Waals surface area (Å²) in [6, 6.07) is 0. The van der Waals surface area contributed by atoms with E-state index in [4.69, 9.17) is 4.84 Å². The highest BCUT2D eigenvalue weighted by atomic mass is 16.7. The molecule has 0 aliphatic carbocycles. The molecule has 18 heavy (non-hydrogen) atoms. The first-order chi connectivity index (χ1) is 8.81. The van der Waals surface area contributed by atoms with Crippen molar-refractivity contribution >= 4 is 0 Å². The number of hydrogen-bond donors (Lipinski definition) is 0. The molecule has 0 unspecified atom stereocenters. The van der Waals surface area contributed by atoms with Crippen LogP contribution in [-0.4, -0.2) is 25.3 Å². The van der Waals surface area contributed by atoms with Gasteiger partial charge in [0.05, 0.1) is 6.61 Å². The Morgan fingerprint density at radius 3 is 1.67 bits per heavy atom. The van der Waals surface area contributed by atoms with Gasteiger partial charge >= 0.3 is 0 Å². The Hall–Kier alpha value is -0.0800. The molecule has 0 aromatic carbocycles. The van der Waals surface area contributed by atoms with Crippen LogP contribution in [0, 0.1) is 0 Å². The number of hydroxylamine groups is 2. The van der Waals surface area contributed by atoms with Crippen molar-refractivity contribution in [2.24, 2.45) is 0 Å². The van der Waals surface area contributed by atoms with Crippen LogP contribution in [0.3, 0.4) is 0 Å². The zero-order valence-corrected chi connectivity index (χ0v) is 13.0. The maximum absolute atomic E-state index is 5.51. The molecule has 2 nitrogen and oxygen atoms in total. The molecule has 0 saturated carbocycles. The third-order valence-electron chi connectivity index (χ3n) is 3.34. The maximum atomic E-state index is 5.51. The second-order valence-electron chi connectivity index (χ2n) is 5.37. The van der Waals surface area contributed by atoms with Crippen molar-refractivity contribution < 1.29 is 4.84 Å². The fourth-order valence-electron chi connectivity index (χ4n) is 2.13. The molecule has 0 fully saturated rings. The number of hydrogen-bond acceptors (Lipinski definition) is 2. The van der Waals surface area contributed by atoms with Gasteiger partial charge in [0.25, 0.3) is 0 Å². The van der Waals surface area contributed by atoms with Crippen LogP contribution in [0.4, 0.5) is 0 Å². The molecule has 0 N–H and O–H groups in total. The molecular formula is C16H35NO. The lowest BCUT2D eigenvalue weighted by Gasteiger charge is -2.15. The van der Waals surface area contributed by atoms with Crippen LogP contribution in [0.15, 0.2) is 0 Å². The summed E-state index contributed by atoms with van der Waals surface area (Å²) in [7, 11) is 2.05. The molecule has 0 spiro atoms. The van der Waals surface area contributed by atoms with Crippen LogP contribution in [0.25, 0.3) is 0 Å². The van der Waals surface area contributed by atoms with Crippen molar-refractivity contribution in [3.05, 3.63) is 0 Å². The molecule has 2 heteroatoms. The molecule has 0 aromatic heterocycles. The summed E-state index contributed by atoms with van der Waals surface area (Å²) in [6.07, 6.45) is 15.1. The van der Waals surface area contributed by atoms with Gasteiger partial charge in [-0.3, -0.25) is 4.84 Å². The van der Waals surface area contributed by atoms with Crippen LogP contribution in [-0.2, 0) is 4.84 Å². The van der Waals surface area contributed by atoms with E-state index in [-0.39, 0.29) is 0 Å². The second kappa shape index (κ2) is 15.0. The van der Waals surface area contributed by atoms with Gasteiger partial charge in [-0.1, -0.05) is 71.6 Å². The molecule has 0 heterocycles. The lowest BCUT2D eigenvalue weighted by molar-refractivity contribution is -0.139. The predicted octanol–water partition coefficient (Wildman–Crippen LogP) is 5.18. The fraction of sp³-hybridized carbons (Fsp3) is 1.00.